The summed E-state index contributed by atoms with van der Waals surface area (Å²) in [4.78, 5) is 12.2. The van der Waals surface area contributed by atoms with E-state index in [1.54, 1.807) is 36.4 Å². The number of hydrogen-bond donors (Lipinski definition) is 2. The standard InChI is InChI=1S/C15H14Br2N2O3S/c1-10(15(20)18-13-6-2-11(16)3-7-13)19-23(21,22)14-8-4-12(17)5-9-14/h2-10,19H,1H3,(H,18,20)/t10-/m0/s1. The van der Waals surface area contributed by atoms with Crippen LogP contribution in [0.3, 0.4) is 0 Å². The van der Waals surface area contributed by atoms with Crippen molar-refractivity contribution in [3.8, 4) is 0 Å². The highest BCUT2D eigenvalue weighted by atomic mass is 79.9. The Hall–Kier alpha value is -1.22. The second kappa shape index (κ2) is 7.57. The normalized spacial score (nSPS) is 12.7. The van der Waals surface area contributed by atoms with Crippen LogP contribution in [0.4, 0.5) is 5.69 Å². The number of nitrogens with one attached hydrogen (secondary N) is 2. The zero-order chi connectivity index (χ0) is 17.0. The molecule has 8 heteroatoms. The Morgan fingerprint density at radius 3 is 1.96 bits per heavy atom. The van der Waals surface area contributed by atoms with Crippen LogP contribution in [0.2, 0.25) is 0 Å². The van der Waals surface area contributed by atoms with E-state index in [0.717, 1.165) is 8.95 Å². The summed E-state index contributed by atoms with van der Waals surface area (Å²) in [5.74, 6) is -0.437. The zero-order valence-electron chi connectivity index (χ0n) is 12.1. The number of benzene rings is 2. The van der Waals surface area contributed by atoms with E-state index in [0.29, 0.717) is 5.69 Å². The van der Waals surface area contributed by atoms with Crippen LogP contribution in [0.15, 0.2) is 62.4 Å². The minimum atomic E-state index is -3.76. The third kappa shape index (κ3) is 5.13. The number of hydrogen-bond acceptors (Lipinski definition) is 3. The summed E-state index contributed by atoms with van der Waals surface area (Å²) in [6.45, 7) is 1.49. The molecule has 0 heterocycles. The highest BCUT2D eigenvalue weighted by Gasteiger charge is 2.22. The highest BCUT2D eigenvalue weighted by Crippen LogP contribution is 2.16. The van der Waals surface area contributed by atoms with Crippen LogP contribution in [0.1, 0.15) is 6.92 Å². The number of carbonyl (C=O) groups is 1. The van der Waals surface area contributed by atoms with Crippen molar-refractivity contribution in [1.82, 2.24) is 4.72 Å². The first-order chi connectivity index (χ1) is 10.8. The van der Waals surface area contributed by atoms with Gasteiger partial charge in [-0.2, -0.15) is 4.72 Å². The SMILES string of the molecule is C[C@H](NS(=O)(=O)c1ccc(Br)cc1)C(=O)Nc1ccc(Br)cc1. The Morgan fingerprint density at radius 2 is 1.43 bits per heavy atom. The number of rotatable bonds is 5. The van der Waals surface area contributed by atoms with Gasteiger partial charge in [-0.25, -0.2) is 8.42 Å². The lowest BCUT2D eigenvalue weighted by molar-refractivity contribution is -0.117. The third-order valence-corrected chi connectivity index (χ3v) is 5.57. The zero-order valence-corrected chi connectivity index (χ0v) is 16.1. The Morgan fingerprint density at radius 1 is 0.957 bits per heavy atom. The van der Waals surface area contributed by atoms with E-state index < -0.39 is 22.0 Å². The summed E-state index contributed by atoms with van der Waals surface area (Å²) in [5, 5.41) is 2.66. The predicted octanol–water partition coefficient (Wildman–Crippen LogP) is 3.52. The first-order valence-corrected chi connectivity index (χ1v) is 9.69. The van der Waals surface area contributed by atoms with E-state index in [4.69, 9.17) is 0 Å². The molecule has 1 amide bonds. The smallest absolute Gasteiger partial charge is 0.242 e. The summed E-state index contributed by atoms with van der Waals surface area (Å²) in [5.41, 5.74) is 0.591. The van der Waals surface area contributed by atoms with Gasteiger partial charge in [-0.15, -0.1) is 0 Å². The Kier molecular flexibility index (Phi) is 5.96. The maximum absolute atomic E-state index is 12.2. The van der Waals surface area contributed by atoms with Gasteiger partial charge in [0, 0.05) is 14.6 Å². The molecule has 23 heavy (non-hydrogen) atoms. The van der Waals surface area contributed by atoms with Gasteiger partial charge in [-0.1, -0.05) is 31.9 Å². The molecule has 2 aromatic rings. The summed E-state index contributed by atoms with van der Waals surface area (Å²) in [6, 6.07) is 12.3. The molecule has 2 N–H and O–H groups in total. The highest BCUT2D eigenvalue weighted by molar-refractivity contribution is 9.10. The van der Waals surface area contributed by atoms with Gasteiger partial charge in [0.2, 0.25) is 15.9 Å². The molecule has 1 atom stereocenters. The van der Waals surface area contributed by atoms with Crippen molar-refractivity contribution in [2.24, 2.45) is 0 Å². The van der Waals surface area contributed by atoms with Gasteiger partial charge < -0.3 is 5.32 Å². The summed E-state index contributed by atoms with van der Waals surface area (Å²) >= 11 is 6.55. The van der Waals surface area contributed by atoms with Gasteiger partial charge in [-0.3, -0.25) is 4.79 Å². The third-order valence-electron chi connectivity index (χ3n) is 2.96. The molecule has 0 aliphatic heterocycles. The fourth-order valence-corrected chi connectivity index (χ4v) is 3.48. The largest absolute Gasteiger partial charge is 0.325 e. The van der Waals surface area contributed by atoms with E-state index in [9.17, 15) is 13.2 Å². The van der Waals surface area contributed by atoms with Crippen molar-refractivity contribution in [1.29, 1.82) is 0 Å². The molecule has 0 unspecified atom stereocenters. The monoisotopic (exact) mass is 460 g/mol. The minimum Gasteiger partial charge on any atom is -0.325 e. The maximum atomic E-state index is 12.2. The van der Waals surface area contributed by atoms with Gasteiger partial charge in [0.1, 0.15) is 0 Å². The maximum Gasteiger partial charge on any atom is 0.242 e. The molecule has 0 spiro atoms. The molecule has 0 aromatic heterocycles. The molecule has 122 valence electrons. The van der Waals surface area contributed by atoms with Crippen molar-refractivity contribution in [2.45, 2.75) is 17.9 Å². The van der Waals surface area contributed by atoms with Gasteiger partial charge in [0.25, 0.3) is 0 Å². The molecule has 0 fully saturated rings. The van der Waals surface area contributed by atoms with E-state index in [1.807, 2.05) is 0 Å². The molecule has 0 bridgehead atoms. The van der Waals surface area contributed by atoms with E-state index in [1.165, 1.54) is 19.1 Å². The van der Waals surface area contributed by atoms with Crippen molar-refractivity contribution < 1.29 is 13.2 Å². The van der Waals surface area contributed by atoms with Crippen LogP contribution in [-0.2, 0) is 14.8 Å². The first kappa shape index (κ1) is 18.1. The average molecular weight is 462 g/mol. The van der Waals surface area contributed by atoms with Crippen LogP contribution in [-0.4, -0.2) is 20.4 Å². The second-order valence-corrected chi connectivity index (χ2v) is 8.34. The first-order valence-electron chi connectivity index (χ1n) is 6.62. The fourth-order valence-electron chi connectivity index (χ4n) is 1.75. The van der Waals surface area contributed by atoms with Crippen LogP contribution < -0.4 is 10.0 Å². The minimum absolute atomic E-state index is 0.101. The van der Waals surface area contributed by atoms with Gasteiger partial charge in [0.05, 0.1) is 10.9 Å². The summed E-state index contributed by atoms with van der Waals surface area (Å²) in [7, 11) is -3.76. The molecule has 2 aromatic carbocycles. The molecule has 0 aliphatic carbocycles. The lowest BCUT2D eigenvalue weighted by Gasteiger charge is -2.14. The topological polar surface area (TPSA) is 75.3 Å². The number of amides is 1. The summed E-state index contributed by atoms with van der Waals surface area (Å²) < 4.78 is 28.5. The Balaban J connectivity index is 2.05. The fraction of sp³-hybridized carbons (Fsp3) is 0.133. The van der Waals surface area contributed by atoms with Crippen molar-refractivity contribution in [2.75, 3.05) is 5.32 Å². The Labute approximate surface area is 151 Å². The van der Waals surface area contributed by atoms with E-state index >= 15 is 0 Å². The van der Waals surface area contributed by atoms with Crippen LogP contribution in [0.5, 0.6) is 0 Å². The molecular formula is C15H14Br2N2O3S. The summed E-state index contributed by atoms with van der Waals surface area (Å²) in [6.07, 6.45) is 0. The lowest BCUT2D eigenvalue weighted by Crippen LogP contribution is -2.41. The van der Waals surface area contributed by atoms with E-state index in [2.05, 4.69) is 41.9 Å². The number of anilines is 1. The molecule has 0 aliphatic rings. The van der Waals surface area contributed by atoms with Gasteiger partial charge >= 0.3 is 0 Å². The second-order valence-electron chi connectivity index (χ2n) is 4.79. The van der Waals surface area contributed by atoms with Gasteiger partial charge in [0.15, 0.2) is 0 Å². The molecule has 0 radical (unpaired) electrons. The van der Waals surface area contributed by atoms with Crippen molar-refractivity contribution in [3.63, 3.8) is 0 Å². The van der Waals surface area contributed by atoms with Crippen molar-refractivity contribution in [3.05, 3.63) is 57.5 Å². The van der Waals surface area contributed by atoms with Crippen LogP contribution in [0.25, 0.3) is 0 Å². The molecule has 0 saturated carbocycles. The molecule has 5 nitrogen and oxygen atoms in total. The lowest BCUT2D eigenvalue weighted by atomic mass is 10.3. The van der Waals surface area contributed by atoms with Crippen molar-refractivity contribution >= 4 is 53.5 Å². The number of sulfonamides is 1. The predicted molar refractivity (Wildman–Crippen MR) is 96.7 cm³/mol. The molecule has 0 saturated heterocycles. The Bertz CT molecular complexity index is 790. The van der Waals surface area contributed by atoms with Gasteiger partial charge in [-0.05, 0) is 55.5 Å². The van der Waals surface area contributed by atoms with Crippen LogP contribution in [0, 0.1) is 0 Å². The molecular weight excluding hydrogens is 448 g/mol. The average Bonchev–Trinajstić information content (AvgIpc) is 2.49. The van der Waals surface area contributed by atoms with Crippen LogP contribution >= 0.6 is 31.9 Å². The van der Waals surface area contributed by atoms with E-state index in [-0.39, 0.29) is 4.90 Å². The quantitative estimate of drug-likeness (QED) is 0.715. The number of halogens is 2. The molecule has 2 rings (SSSR count). The number of carbonyl (C=O) groups excluding carboxylic acids is 1.